The molecule has 19 heavy (non-hydrogen) atoms. The summed E-state index contributed by atoms with van der Waals surface area (Å²) in [6, 6.07) is 6.08. The van der Waals surface area contributed by atoms with E-state index in [0.29, 0.717) is 6.54 Å². The van der Waals surface area contributed by atoms with Crippen molar-refractivity contribution < 1.29 is 0 Å². The SMILES string of the molecule is Cc1cccc(CNc2ncnc3c2CCCC3)n1. The van der Waals surface area contributed by atoms with E-state index in [1.165, 1.54) is 24.1 Å². The summed E-state index contributed by atoms with van der Waals surface area (Å²) in [4.78, 5) is 13.3. The summed E-state index contributed by atoms with van der Waals surface area (Å²) in [5.74, 6) is 0.980. The highest BCUT2D eigenvalue weighted by Gasteiger charge is 2.15. The van der Waals surface area contributed by atoms with Crippen LogP contribution >= 0.6 is 0 Å². The maximum Gasteiger partial charge on any atom is 0.133 e. The summed E-state index contributed by atoms with van der Waals surface area (Å²) in [5.41, 5.74) is 4.59. The van der Waals surface area contributed by atoms with Gasteiger partial charge >= 0.3 is 0 Å². The summed E-state index contributed by atoms with van der Waals surface area (Å²) in [6.07, 6.45) is 6.30. The van der Waals surface area contributed by atoms with Gasteiger partial charge in [-0.3, -0.25) is 4.98 Å². The molecule has 1 aliphatic carbocycles. The highest BCUT2D eigenvalue weighted by atomic mass is 15.0. The Hall–Kier alpha value is -1.97. The molecule has 3 rings (SSSR count). The van der Waals surface area contributed by atoms with E-state index < -0.39 is 0 Å². The second kappa shape index (κ2) is 5.34. The number of nitrogens with zero attached hydrogens (tertiary/aromatic N) is 3. The van der Waals surface area contributed by atoms with Crippen molar-refractivity contribution in [3.63, 3.8) is 0 Å². The molecule has 2 heterocycles. The minimum absolute atomic E-state index is 0.713. The molecule has 0 saturated heterocycles. The van der Waals surface area contributed by atoms with Crippen LogP contribution in [0.2, 0.25) is 0 Å². The fourth-order valence-corrected chi connectivity index (χ4v) is 2.55. The molecule has 0 spiro atoms. The van der Waals surface area contributed by atoms with Crippen LogP contribution < -0.4 is 5.32 Å². The first-order chi connectivity index (χ1) is 9.33. The molecule has 4 heteroatoms. The molecule has 0 bridgehead atoms. The summed E-state index contributed by atoms with van der Waals surface area (Å²) in [5, 5.41) is 3.40. The molecule has 98 valence electrons. The lowest BCUT2D eigenvalue weighted by molar-refractivity contribution is 0.663. The Balaban J connectivity index is 1.77. The number of nitrogens with one attached hydrogen (secondary N) is 1. The second-order valence-corrected chi connectivity index (χ2v) is 4.98. The first-order valence-electron chi connectivity index (χ1n) is 6.82. The number of aromatic nitrogens is 3. The Morgan fingerprint density at radius 2 is 2.05 bits per heavy atom. The number of rotatable bonds is 3. The lowest BCUT2D eigenvalue weighted by atomic mass is 9.96. The normalized spacial score (nSPS) is 13.9. The highest BCUT2D eigenvalue weighted by molar-refractivity contribution is 5.47. The number of aryl methyl sites for hydroxylation is 2. The average Bonchev–Trinajstić information content (AvgIpc) is 2.45. The van der Waals surface area contributed by atoms with Crippen LogP contribution in [0.15, 0.2) is 24.5 Å². The van der Waals surface area contributed by atoms with Gasteiger partial charge in [-0.15, -0.1) is 0 Å². The molecule has 1 N–H and O–H groups in total. The summed E-state index contributed by atoms with van der Waals surface area (Å²) < 4.78 is 0. The number of pyridine rings is 1. The van der Waals surface area contributed by atoms with Crippen LogP contribution in [0.1, 0.15) is 35.5 Å². The lowest BCUT2D eigenvalue weighted by Gasteiger charge is -2.17. The summed E-state index contributed by atoms with van der Waals surface area (Å²) in [7, 11) is 0. The summed E-state index contributed by atoms with van der Waals surface area (Å²) >= 11 is 0. The third-order valence-electron chi connectivity index (χ3n) is 3.51. The minimum atomic E-state index is 0.713. The number of anilines is 1. The Morgan fingerprint density at radius 3 is 2.95 bits per heavy atom. The van der Waals surface area contributed by atoms with Crippen molar-refractivity contribution in [1.29, 1.82) is 0 Å². The number of hydrogen-bond acceptors (Lipinski definition) is 4. The highest BCUT2D eigenvalue weighted by Crippen LogP contribution is 2.24. The molecule has 4 nitrogen and oxygen atoms in total. The molecule has 1 aliphatic rings. The van der Waals surface area contributed by atoms with E-state index in [1.54, 1.807) is 6.33 Å². The van der Waals surface area contributed by atoms with Gasteiger partial charge in [-0.2, -0.15) is 0 Å². The Bertz CT molecular complexity index is 580. The van der Waals surface area contributed by atoms with E-state index in [1.807, 2.05) is 25.1 Å². The third-order valence-corrected chi connectivity index (χ3v) is 3.51. The quantitative estimate of drug-likeness (QED) is 0.915. The van der Waals surface area contributed by atoms with Crippen LogP contribution in [0.25, 0.3) is 0 Å². The predicted molar refractivity (Wildman–Crippen MR) is 75.0 cm³/mol. The van der Waals surface area contributed by atoms with Crippen molar-refractivity contribution in [2.24, 2.45) is 0 Å². The summed E-state index contributed by atoms with van der Waals surface area (Å²) in [6.45, 7) is 2.72. The van der Waals surface area contributed by atoms with Crippen LogP contribution in [-0.2, 0) is 19.4 Å². The van der Waals surface area contributed by atoms with Crippen LogP contribution in [0, 0.1) is 6.92 Å². The van der Waals surface area contributed by atoms with Crippen molar-refractivity contribution in [3.8, 4) is 0 Å². The minimum Gasteiger partial charge on any atom is -0.364 e. The van der Waals surface area contributed by atoms with E-state index in [0.717, 1.165) is 30.0 Å². The number of hydrogen-bond donors (Lipinski definition) is 1. The van der Waals surface area contributed by atoms with Gasteiger partial charge in [-0.25, -0.2) is 9.97 Å². The Labute approximate surface area is 113 Å². The smallest absolute Gasteiger partial charge is 0.133 e. The zero-order valence-electron chi connectivity index (χ0n) is 11.2. The third kappa shape index (κ3) is 2.72. The van der Waals surface area contributed by atoms with E-state index in [4.69, 9.17) is 0 Å². The molecule has 2 aromatic rings. The zero-order valence-corrected chi connectivity index (χ0v) is 11.2. The van der Waals surface area contributed by atoms with Crippen molar-refractivity contribution in [1.82, 2.24) is 15.0 Å². The van der Waals surface area contributed by atoms with Crippen molar-refractivity contribution >= 4 is 5.82 Å². The van der Waals surface area contributed by atoms with Crippen LogP contribution in [-0.4, -0.2) is 15.0 Å². The molecule has 0 unspecified atom stereocenters. The molecule has 2 aromatic heterocycles. The molecule has 0 saturated carbocycles. The fourth-order valence-electron chi connectivity index (χ4n) is 2.55. The van der Waals surface area contributed by atoms with Crippen LogP contribution in [0.5, 0.6) is 0 Å². The molecular weight excluding hydrogens is 236 g/mol. The van der Waals surface area contributed by atoms with Gasteiger partial charge in [0, 0.05) is 17.0 Å². The second-order valence-electron chi connectivity index (χ2n) is 4.98. The van der Waals surface area contributed by atoms with Crippen molar-refractivity contribution in [2.45, 2.75) is 39.2 Å². The molecule has 0 amide bonds. The van der Waals surface area contributed by atoms with Gasteiger partial charge in [-0.05, 0) is 44.7 Å². The first kappa shape index (κ1) is 12.1. The zero-order chi connectivity index (χ0) is 13.1. The topological polar surface area (TPSA) is 50.7 Å². The van der Waals surface area contributed by atoms with Gasteiger partial charge in [0.25, 0.3) is 0 Å². The van der Waals surface area contributed by atoms with Crippen molar-refractivity contribution in [2.75, 3.05) is 5.32 Å². The molecule has 0 aliphatic heterocycles. The first-order valence-corrected chi connectivity index (χ1v) is 6.82. The van der Waals surface area contributed by atoms with Gasteiger partial charge < -0.3 is 5.32 Å². The van der Waals surface area contributed by atoms with E-state index in [2.05, 4.69) is 20.3 Å². The van der Waals surface area contributed by atoms with Gasteiger partial charge in [0.15, 0.2) is 0 Å². The maximum atomic E-state index is 4.49. The van der Waals surface area contributed by atoms with Crippen LogP contribution in [0.3, 0.4) is 0 Å². The largest absolute Gasteiger partial charge is 0.364 e. The predicted octanol–water partition coefficient (Wildman–Crippen LogP) is 2.67. The van der Waals surface area contributed by atoms with Crippen molar-refractivity contribution in [3.05, 3.63) is 47.2 Å². The lowest BCUT2D eigenvalue weighted by Crippen LogP contribution is -2.12. The van der Waals surface area contributed by atoms with Gasteiger partial charge in [-0.1, -0.05) is 6.07 Å². The average molecular weight is 254 g/mol. The Kier molecular flexibility index (Phi) is 3.40. The van der Waals surface area contributed by atoms with Gasteiger partial charge in [0.2, 0.25) is 0 Å². The standard InChI is InChI=1S/C15H18N4/c1-11-5-4-6-12(19-11)9-16-15-13-7-2-3-8-14(13)17-10-18-15/h4-6,10H,2-3,7-9H2,1H3,(H,16,17,18). The van der Waals surface area contributed by atoms with E-state index in [9.17, 15) is 0 Å². The molecule has 0 fully saturated rings. The Morgan fingerprint density at radius 1 is 1.16 bits per heavy atom. The number of fused-ring (bicyclic) bond motifs is 1. The molecule has 0 radical (unpaired) electrons. The molecule has 0 aromatic carbocycles. The fraction of sp³-hybridized carbons (Fsp3) is 0.400. The van der Waals surface area contributed by atoms with E-state index in [-0.39, 0.29) is 0 Å². The molecule has 0 atom stereocenters. The van der Waals surface area contributed by atoms with Gasteiger partial charge in [0.1, 0.15) is 12.1 Å². The monoisotopic (exact) mass is 254 g/mol. The van der Waals surface area contributed by atoms with E-state index >= 15 is 0 Å². The molecular formula is C15H18N4. The van der Waals surface area contributed by atoms with Crippen LogP contribution in [0.4, 0.5) is 5.82 Å². The van der Waals surface area contributed by atoms with Gasteiger partial charge in [0.05, 0.1) is 12.2 Å². The maximum absolute atomic E-state index is 4.49.